The van der Waals surface area contributed by atoms with Gasteiger partial charge in [0.15, 0.2) is 16.6 Å². The summed E-state index contributed by atoms with van der Waals surface area (Å²) in [6.07, 6.45) is 0. The number of thiocarbonyl (C=S) groups is 1. The lowest BCUT2D eigenvalue weighted by Gasteiger charge is -2.12. The summed E-state index contributed by atoms with van der Waals surface area (Å²) < 4.78 is 39.1. The first-order chi connectivity index (χ1) is 12.9. The van der Waals surface area contributed by atoms with Crippen molar-refractivity contribution in [2.75, 3.05) is 19.5 Å². The Balaban J connectivity index is 1.97. The van der Waals surface area contributed by atoms with Gasteiger partial charge in [0.25, 0.3) is 0 Å². The third kappa shape index (κ3) is 6.07. The Morgan fingerprint density at radius 1 is 1.04 bits per heavy atom. The molecule has 0 radical (unpaired) electrons. The number of halogens is 2. The second-order valence-corrected chi connectivity index (χ2v) is 5.64. The summed E-state index contributed by atoms with van der Waals surface area (Å²) in [5.41, 5.74) is 4.78. The summed E-state index contributed by atoms with van der Waals surface area (Å²) in [6, 6.07) is 11.4. The Morgan fingerprint density at radius 2 is 1.70 bits per heavy atom. The molecule has 0 bridgehead atoms. The van der Waals surface area contributed by atoms with Crippen LogP contribution in [0.4, 0.5) is 14.5 Å². The first kappa shape index (κ1) is 20.4. The maximum absolute atomic E-state index is 12.2. The number of methoxy groups -OCH3 is 2. The fraction of sp³-hybridized carbons (Fsp3) is 0.222. The van der Waals surface area contributed by atoms with Crippen LogP contribution in [-0.2, 0) is 0 Å². The SMILES string of the molecule is COc1ccc(NC(=S)N/N=C(/C)c2ccc(OC(F)F)cc2)cc1OC. The number of nitrogens with one attached hydrogen (secondary N) is 2. The molecule has 2 aromatic carbocycles. The molecule has 0 unspecified atom stereocenters. The number of alkyl halides is 2. The van der Waals surface area contributed by atoms with Crippen LogP contribution >= 0.6 is 12.2 Å². The Kier molecular flexibility index (Phi) is 7.30. The molecular weight excluding hydrogens is 376 g/mol. The minimum atomic E-state index is -2.85. The zero-order valence-electron chi connectivity index (χ0n) is 15.0. The highest BCUT2D eigenvalue weighted by molar-refractivity contribution is 7.80. The first-order valence-electron chi connectivity index (χ1n) is 7.81. The molecule has 0 amide bonds. The molecule has 2 rings (SSSR count). The second-order valence-electron chi connectivity index (χ2n) is 5.24. The van der Waals surface area contributed by atoms with Gasteiger partial charge in [0, 0.05) is 11.8 Å². The number of rotatable bonds is 7. The van der Waals surface area contributed by atoms with E-state index >= 15 is 0 Å². The maximum Gasteiger partial charge on any atom is 0.387 e. The van der Waals surface area contributed by atoms with E-state index in [4.69, 9.17) is 21.7 Å². The number of benzene rings is 2. The van der Waals surface area contributed by atoms with E-state index in [1.165, 1.54) is 12.1 Å². The Morgan fingerprint density at radius 3 is 2.30 bits per heavy atom. The summed E-state index contributed by atoms with van der Waals surface area (Å²) in [7, 11) is 3.10. The zero-order chi connectivity index (χ0) is 19.8. The highest BCUT2D eigenvalue weighted by atomic mass is 32.1. The molecule has 0 atom stereocenters. The van der Waals surface area contributed by atoms with Crippen molar-refractivity contribution in [3.63, 3.8) is 0 Å². The summed E-state index contributed by atoms with van der Waals surface area (Å²) in [5.74, 6) is 1.26. The topological polar surface area (TPSA) is 64.1 Å². The summed E-state index contributed by atoms with van der Waals surface area (Å²) in [4.78, 5) is 0. The van der Waals surface area contributed by atoms with Gasteiger partial charge in [-0.25, -0.2) is 0 Å². The van der Waals surface area contributed by atoms with E-state index in [1.54, 1.807) is 51.5 Å². The van der Waals surface area contributed by atoms with Crippen molar-refractivity contribution >= 4 is 28.7 Å². The number of ether oxygens (including phenoxy) is 3. The van der Waals surface area contributed by atoms with E-state index in [1.807, 2.05) is 0 Å². The molecule has 2 aromatic rings. The molecule has 0 aliphatic rings. The van der Waals surface area contributed by atoms with Gasteiger partial charge in [-0.1, -0.05) is 0 Å². The molecule has 27 heavy (non-hydrogen) atoms. The van der Waals surface area contributed by atoms with Gasteiger partial charge in [0.1, 0.15) is 5.75 Å². The predicted octanol–water partition coefficient (Wildman–Crippen LogP) is 4.02. The Hall–Kier alpha value is -2.94. The highest BCUT2D eigenvalue weighted by Crippen LogP contribution is 2.29. The zero-order valence-corrected chi connectivity index (χ0v) is 15.8. The van der Waals surface area contributed by atoms with Crippen LogP contribution in [0.3, 0.4) is 0 Å². The Bertz CT molecular complexity index is 814. The smallest absolute Gasteiger partial charge is 0.387 e. The van der Waals surface area contributed by atoms with Gasteiger partial charge in [-0.2, -0.15) is 13.9 Å². The predicted molar refractivity (Wildman–Crippen MR) is 104 cm³/mol. The maximum atomic E-state index is 12.2. The average molecular weight is 395 g/mol. The molecule has 0 saturated heterocycles. The molecule has 6 nitrogen and oxygen atoms in total. The van der Waals surface area contributed by atoms with Gasteiger partial charge in [-0.15, -0.1) is 0 Å². The first-order valence-corrected chi connectivity index (χ1v) is 8.22. The highest BCUT2D eigenvalue weighted by Gasteiger charge is 2.07. The van der Waals surface area contributed by atoms with Crippen LogP contribution in [0.15, 0.2) is 47.6 Å². The number of anilines is 1. The van der Waals surface area contributed by atoms with E-state index in [-0.39, 0.29) is 10.9 Å². The van der Waals surface area contributed by atoms with Crippen molar-refractivity contribution in [2.24, 2.45) is 5.10 Å². The second kappa shape index (κ2) is 9.67. The van der Waals surface area contributed by atoms with Crippen LogP contribution in [0.5, 0.6) is 17.2 Å². The van der Waals surface area contributed by atoms with Crippen molar-refractivity contribution in [1.29, 1.82) is 0 Å². The minimum Gasteiger partial charge on any atom is -0.493 e. The quantitative estimate of drug-likeness (QED) is 0.420. The van der Waals surface area contributed by atoms with Crippen LogP contribution in [0, 0.1) is 0 Å². The molecule has 2 N–H and O–H groups in total. The van der Waals surface area contributed by atoms with E-state index in [9.17, 15) is 8.78 Å². The molecule has 0 aromatic heterocycles. The summed E-state index contributed by atoms with van der Waals surface area (Å²) in [6.45, 7) is -1.10. The average Bonchev–Trinajstić information content (AvgIpc) is 2.66. The lowest BCUT2D eigenvalue weighted by Crippen LogP contribution is -2.25. The third-order valence-electron chi connectivity index (χ3n) is 3.46. The van der Waals surface area contributed by atoms with E-state index < -0.39 is 6.61 Å². The van der Waals surface area contributed by atoms with E-state index in [2.05, 4.69) is 20.6 Å². The van der Waals surface area contributed by atoms with Crippen LogP contribution in [0.1, 0.15) is 12.5 Å². The van der Waals surface area contributed by atoms with Crippen molar-refractivity contribution < 1.29 is 23.0 Å². The van der Waals surface area contributed by atoms with Gasteiger partial charge < -0.3 is 19.5 Å². The Labute approximate surface area is 161 Å². The van der Waals surface area contributed by atoms with E-state index in [0.29, 0.717) is 22.9 Å². The fourth-order valence-corrected chi connectivity index (χ4v) is 2.31. The molecule has 0 aliphatic carbocycles. The van der Waals surface area contributed by atoms with Crippen molar-refractivity contribution in [1.82, 2.24) is 5.43 Å². The van der Waals surface area contributed by atoms with Crippen LogP contribution in [-0.4, -0.2) is 31.7 Å². The molecule has 0 heterocycles. The molecule has 0 fully saturated rings. The molecular formula is C18H19F2N3O3S. The molecule has 9 heteroatoms. The summed E-state index contributed by atoms with van der Waals surface area (Å²) in [5, 5.41) is 7.43. The molecule has 144 valence electrons. The number of hydrazone groups is 1. The lowest BCUT2D eigenvalue weighted by molar-refractivity contribution is -0.0498. The van der Waals surface area contributed by atoms with Gasteiger partial charge in [0.05, 0.1) is 19.9 Å². The lowest BCUT2D eigenvalue weighted by atomic mass is 10.1. The number of hydrogen-bond donors (Lipinski definition) is 2. The van der Waals surface area contributed by atoms with Crippen LogP contribution in [0.2, 0.25) is 0 Å². The number of nitrogens with zero attached hydrogens (tertiary/aromatic N) is 1. The van der Waals surface area contributed by atoms with Crippen molar-refractivity contribution in [2.45, 2.75) is 13.5 Å². The third-order valence-corrected chi connectivity index (χ3v) is 3.66. The number of hydrogen-bond acceptors (Lipinski definition) is 5. The van der Waals surface area contributed by atoms with Gasteiger partial charge in [0.2, 0.25) is 0 Å². The van der Waals surface area contributed by atoms with Crippen LogP contribution < -0.4 is 25.0 Å². The van der Waals surface area contributed by atoms with Crippen molar-refractivity contribution in [3.05, 3.63) is 48.0 Å². The van der Waals surface area contributed by atoms with Gasteiger partial charge in [-0.05, 0) is 61.1 Å². The van der Waals surface area contributed by atoms with Crippen LogP contribution in [0.25, 0.3) is 0 Å². The molecule has 0 spiro atoms. The van der Waals surface area contributed by atoms with Gasteiger partial charge in [-0.3, -0.25) is 5.43 Å². The monoisotopic (exact) mass is 395 g/mol. The fourth-order valence-electron chi connectivity index (χ4n) is 2.15. The molecule has 0 saturated carbocycles. The summed E-state index contributed by atoms with van der Waals surface area (Å²) >= 11 is 5.21. The largest absolute Gasteiger partial charge is 0.493 e. The van der Waals surface area contributed by atoms with Gasteiger partial charge >= 0.3 is 6.61 Å². The van der Waals surface area contributed by atoms with E-state index in [0.717, 1.165) is 5.56 Å². The standard InChI is InChI=1S/C18H19F2N3O3S/c1-11(12-4-7-14(8-5-12)26-17(19)20)22-23-18(27)21-13-6-9-15(24-2)16(10-13)25-3/h4-10,17H,1-3H3,(H2,21,23,27)/b22-11-. The van der Waals surface area contributed by atoms with Crippen molar-refractivity contribution in [3.8, 4) is 17.2 Å². The minimum absolute atomic E-state index is 0.0835. The normalized spacial score (nSPS) is 11.1. The molecule has 0 aliphatic heterocycles.